The Kier molecular flexibility index (Phi) is 1.76. The van der Waals surface area contributed by atoms with Gasteiger partial charge in [-0.2, -0.15) is 0 Å². The van der Waals surface area contributed by atoms with Crippen molar-refractivity contribution in [2.45, 2.75) is 46.0 Å². The van der Waals surface area contributed by atoms with Crippen molar-refractivity contribution in [3.05, 3.63) is 0 Å². The van der Waals surface area contributed by atoms with Gasteiger partial charge in [0.2, 0.25) is 0 Å². The minimum atomic E-state index is 0.385. The van der Waals surface area contributed by atoms with Gasteiger partial charge in [0.25, 0.3) is 0 Å². The molecule has 3 rings (SSSR count). The molecule has 3 fully saturated rings. The van der Waals surface area contributed by atoms with Crippen molar-refractivity contribution in [1.29, 1.82) is 0 Å². The largest absolute Gasteiger partial charge is 0.396 e. The van der Waals surface area contributed by atoms with Crippen LogP contribution in [0.25, 0.3) is 0 Å². The zero-order valence-electron chi connectivity index (χ0n) is 8.27. The van der Waals surface area contributed by atoms with Crippen molar-refractivity contribution in [3.63, 3.8) is 0 Å². The highest BCUT2D eigenvalue weighted by atomic mass is 16.3. The van der Waals surface area contributed by atoms with E-state index in [1.165, 1.54) is 25.7 Å². The summed E-state index contributed by atoms with van der Waals surface area (Å²) >= 11 is 0. The van der Waals surface area contributed by atoms with Crippen LogP contribution in [0.1, 0.15) is 46.0 Å². The summed E-state index contributed by atoms with van der Waals surface area (Å²) < 4.78 is 0. The predicted molar refractivity (Wildman–Crippen MR) is 49.9 cm³/mol. The second-order valence-corrected chi connectivity index (χ2v) is 5.27. The van der Waals surface area contributed by atoms with Gasteiger partial charge in [-0.05, 0) is 42.4 Å². The van der Waals surface area contributed by atoms with Gasteiger partial charge < -0.3 is 5.11 Å². The Labute approximate surface area is 75.2 Å². The lowest BCUT2D eigenvalue weighted by Crippen LogP contribution is -2.58. The fourth-order valence-corrected chi connectivity index (χ4v) is 3.63. The molecule has 2 bridgehead atoms. The number of hydrogen-bond acceptors (Lipinski definition) is 1. The van der Waals surface area contributed by atoms with Crippen LogP contribution < -0.4 is 0 Å². The van der Waals surface area contributed by atoms with Crippen molar-refractivity contribution >= 4 is 0 Å². The molecule has 0 spiro atoms. The Morgan fingerprint density at radius 2 is 2.17 bits per heavy atom. The summed E-state index contributed by atoms with van der Waals surface area (Å²) in [7, 11) is 0. The molecule has 1 N–H and O–H groups in total. The van der Waals surface area contributed by atoms with Crippen LogP contribution in [-0.2, 0) is 0 Å². The first-order valence-electron chi connectivity index (χ1n) is 5.23. The quantitative estimate of drug-likeness (QED) is 0.672. The van der Waals surface area contributed by atoms with Crippen LogP contribution >= 0.6 is 0 Å². The molecule has 0 unspecified atom stereocenters. The van der Waals surface area contributed by atoms with Crippen LogP contribution in [0.4, 0.5) is 0 Å². The lowest BCUT2D eigenvalue weighted by atomic mass is 9.39. The Hall–Kier alpha value is -0.0400. The van der Waals surface area contributed by atoms with Gasteiger partial charge in [0.15, 0.2) is 0 Å². The number of aliphatic hydroxyl groups is 1. The Morgan fingerprint density at radius 1 is 1.42 bits per heavy atom. The van der Waals surface area contributed by atoms with E-state index in [-0.39, 0.29) is 0 Å². The molecule has 1 heteroatoms. The number of aliphatic hydroxyl groups excluding tert-OH is 1. The predicted octanol–water partition coefficient (Wildman–Crippen LogP) is 2.59. The molecule has 0 aromatic carbocycles. The second kappa shape index (κ2) is 2.47. The summed E-state index contributed by atoms with van der Waals surface area (Å²) in [5.41, 5.74) is 1.04. The number of hydrogen-bond donors (Lipinski definition) is 1. The van der Waals surface area contributed by atoms with Gasteiger partial charge in [-0.25, -0.2) is 0 Å². The van der Waals surface area contributed by atoms with Gasteiger partial charge in [-0.3, -0.25) is 0 Å². The highest BCUT2D eigenvalue weighted by Gasteiger charge is 2.60. The van der Waals surface area contributed by atoms with Gasteiger partial charge in [-0.1, -0.05) is 20.3 Å². The van der Waals surface area contributed by atoms with E-state index in [1.807, 2.05) is 0 Å². The Bertz CT molecular complexity index is 176. The molecular formula is C11H20O. The summed E-state index contributed by atoms with van der Waals surface area (Å²) in [4.78, 5) is 0. The van der Waals surface area contributed by atoms with Crippen molar-refractivity contribution in [3.8, 4) is 0 Å². The van der Waals surface area contributed by atoms with Crippen LogP contribution in [0.15, 0.2) is 0 Å². The monoisotopic (exact) mass is 168 g/mol. The highest BCUT2D eigenvalue weighted by molar-refractivity contribution is 5.09. The van der Waals surface area contributed by atoms with E-state index in [0.29, 0.717) is 17.4 Å². The molecule has 1 nitrogen and oxygen atoms in total. The first-order chi connectivity index (χ1) is 5.62. The molecule has 0 radical (unpaired) electrons. The molecule has 12 heavy (non-hydrogen) atoms. The molecule has 0 aromatic heterocycles. The normalized spacial score (nSPS) is 43.8. The minimum absolute atomic E-state index is 0.385. The van der Waals surface area contributed by atoms with Crippen LogP contribution in [0.5, 0.6) is 0 Å². The second-order valence-electron chi connectivity index (χ2n) is 5.27. The zero-order valence-corrected chi connectivity index (χ0v) is 8.27. The smallest absolute Gasteiger partial charge is 0.0436 e. The maximum atomic E-state index is 9.04. The lowest BCUT2D eigenvalue weighted by Gasteiger charge is -2.66. The van der Waals surface area contributed by atoms with Crippen molar-refractivity contribution < 1.29 is 5.11 Å². The van der Waals surface area contributed by atoms with E-state index in [1.54, 1.807) is 0 Å². The van der Waals surface area contributed by atoms with E-state index in [0.717, 1.165) is 12.3 Å². The Morgan fingerprint density at radius 3 is 2.67 bits per heavy atom. The molecule has 0 amide bonds. The standard InChI is InChI=1S/C11H20O/c1-10(2)9-4-3-5-11(10,8-9)6-7-12/h9,12H,3-8H2,1-2H3/t9-,11+/m0/s1. The molecule has 3 saturated carbocycles. The third kappa shape index (κ3) is 0.834. The van der Waals surface area contributed by atoms with Gasteiger partial charge in [-0.15, -0.1) is 0 Å². The number of fused-ring (bicyclic) bond motifs is 2. The van der Waals surface area contributed by atoms with Crippen molar-refractivity contribution in [2.24, 2.45) is 16.7 Å². The first-order valence-corrected chi connectivity index (χ1v) is 5.23. The van der Waals surface area contributed by atoms with Crippen LogP contribution in [0.2, 0.25) is 0 Å². The number of rotatable bonds is 2. The zero-order chi connectivity index (χ0) is 8.82. The molecule has 0 aromatic rings. The summed E-state index contributed by atoms with van der Waals surface area (Å²) in [6, 6.07) is 0. The molecule has 3 aliphatic carbocycles. The molecule has 70 valence electrons. The fraction of sp³-hybridized carbons (Fsp3) is 1.00. The van der Waals surface area contributed by atoms with Gasteiger partial charge >= 0.3 is 0 Å². The van der Waals surface area contributed by atoms with Gasteiger partial charge in [0.05, 0.1) is 0 Å². The summed E-state index contributed by atoms with van der Waals surface area (Å²) in [6.07, 6.45) is 6.61. The molecule has 0 heterocycles. The van der Waals surface area contributed by atoms with E-state index >= 15 is 0 Å². The van der Waals surface area contributed by atoms with Crippen LogP contribution in [0, 0.1) is 16.7 Å². The maximum Gasteiger partial charge on any atom is 0.0436 e. The maximum absolute atomic E-state index is 9.04. The van der Waals surface area contributed by atoms with Gasteiger partial charge in [0, 0.05) is 6.61 Å². The first kappa shape index (κ1) is 8.55. The lowest BCUT2D eigenvalue weighted by molar-refractivity contribution is -0.169. The third-order valence-electron chi connectivity index (χ3n) is 4.82. The summed E-state index contributed by atoms with van der Waals surface area (Å²) in [6.45, 7) is 5.18. The average Bonchev–Trinajstić information content (AvgIpc) is 2.05. The SMILES string of the molecule is CC1(C)[C@H]2CCC[C@@]1(CCO)C2. The minimum Gasteiger partial charge on any atom is -0.396 e. The molecule has 2 atom stereocenters. The third-order valence-corrected chi connectivity index (χ3v) is 4.82. The van der Waals surface area contributed by atoms with E-state index < -0.39 is 0 Å². The fourth-order valence-electron chi connectivity index (χ4n) is 3.63. The molecule has 0 saturated heterocycles. The Balaban J connectivity index is 2.14. The van der Waals surface area contributed by atoms with Gasteiger partial charge in [0.1, 0.15) is 0 Å². The molecule has 3 aliphatic rings. The van der Waals surface area contributed by atoms with Crippen molar-refractivity contribution in [1.82, 2.24) is 0 Å². The van der Waals surface area contributed by atoms with E-state index in [2.05, 4.69) is 13.8 Å². The van der Waals surface area contributed by atoms with E-state index in [9.17, 15) is 0 Å². The van der Waals surface area contributed by atoms with Crippen molar-refractivity contribution in [2.75, 3.05) is 6.61 Å². The molecular weight excluding hydrogens is 148 g/mol. The topological polar surface area (TPSA) is 20.2 Å². The van der Waals surface area contributed by atoms with Crippen LogP contribution in [-0.4, -0.2) is 11.7 Å². The summed E-state index contributed by atoms with van der Waals surface area (Å²) in [5, 5.41) is 9.04. The van der Waals surface area contributed by atoms with E-state index in [4.69, 9.17) is 5.11 Å². The molecule has 0 aliphatic heterocycles. The average molecular weight is 168 g/mol. The summed E-state index contributed by atoms with van der Waals surface area (Å²) in [5.74, 6) is 0.956. The highest BCUT2D eigenvalue weighted by Crippen LogP contribution is 2.69. The van der Waals surface area contributed by atoms with Crippen LogP contribution in [0.3, 0.4) is 0 Å².